The Morgan fingerprint density at radius 2 is 1.84 bits per heavy atom. The molecule has 0 aliphatic carbocycles. The van der Waals surface area contributed by atoms with Crippen LogP contribution in [0.1, 0.15) is 50.9 Å². The summed E-state index contributed by atoms with van der Waals surface area (Å²) >= 11 is 0. The Morgan fingerprint density at radius 1 is 1.05 bits per heavy atom. The summed E-state index contributed by atoms with van der Waals surface area (Å²) in [6.45, 7) is 10.9. The van der Waals surface area contributed by atoms with Crippen molar-refractivity contribution in [1.29, 1.82) is 0 Å². The molecule has 2 aromatic carbocycles. The van der Waals surface area contributed by atoms with Crippen molar-refractivity contribution in [3.05, 3.63) is 77.9 Å². The molecule has 2 amide bonds. The topological polar surface area (TPSA) is 53.8 Å². The third-order valence-electron chi connectivity index (χ3n) is 7.74. The minimum absolute atomic E-state index is 0.0117. The standard InChI is InChI=1S/C29H36FN5O2/c1-20(2)33-19-29(34(28(33)36)23-10-8-9-22(30)15-23)18-32(16-24-13-14-31-35(24)21(3)4)17-26(29)25-11-6-7-12-27(25)37-5/h6-15,20-21,26H,16-19H2,1-5H3/t26?,29-/m1/s1. The fourth-order valence-corrected chi connectivity index (χ4v) is 6.14. The number of aromatic nitrogens is 2. The lowest BCUT2D eigenvalue weighted by atomic mass is 9.80. The molecule has 5 rings (SSSR count). The van der Waals surface area contributed by atoms with Gasteiger partial charge in [0.1, 0.15) is 11.6 Å². The minimum atomic E-state index is -0.605. The summed E-state index contributed by atoms with van der Waals surface area (Å²) < 4.78 is 22.3. The van der Waals surface area contributed by atoms with Crippen molar-refractivity contribution in [2.24, 2.45) is 0 Å². The molecule has 2 aliphatic heterocycles. The molecule has 1 unspecified atom stereocenters. The van der Waals surface area contributed by atoms with E-state index in [1.165, 1.54) is 12.1 Å². The molecule has 2 saturated heterocycles. The van der Waals surface area contributed by atoms with Gasteiger partial charge in [-0.1, -0.05) is 24.3 Å². The Hall–Kier alpha value is -3.39. The molecule has 0 saturated carbocycles. The maximum absolute atomic E-state index is 14.5. The number of carbonyl (C=O) groups excluding carboxylic acids is 1. The lowest BCUT2D eigenvalue weighted by Crippen LogP contribution is -2.53. The van der Waals surface area contributed by atoms with E-state index in [2.05, 4.69) is 36.0 Å². The zero-order valence-corrected chi connectivity index (χ0v) is 22.3. The Morgan fingerprint density at radius 3 is 2.54 bits per heavy atom. The van der Waals surface area contributed by atoms with E-state index in [1.54, 1.807) is 13.2 Å². The Bertz CT molecular complexity index is 1270. The number of carbonyl (C=O) groups is 1. The van der Waals surface area contributed by atoms with Gasteiger partial charge in [0.15, 0.2) is 0 Å². The number of likely N-dealkylation sites (tertiary alicyclic amines) is 1. The van der Waals surface area contributed by atoms with Crippen molar-refractivity contribution in [2.45, 2.75) is 57.8 Å². The second kappa shape index (κ2) is 9.82. The summed E-state index contributed by atoms with van der Waals surface area (Å²) in [5.41, 5.74) is 2.17. The fraction of sp³-hybridized carbons (Fsp3) is 0.448. The van der Waals surface area contributed by atoms with Gasteiger partial charge in [0.2, 0.25) is 0 Å². The molecular formula is C29H36FN5O2. The number of methoxy groups -OCH3 is 1. The van der Waals surface area contributed by atoms with E-state index in [4.69, 9.17) is 4.74 Å². The van der Waals surface area contributed by atoms with Crippen molar-refractivity contribution < 1.29 is 13.9 Å². The number of rotatable bonds is 7. The van der Waals surface area contributed by atoms with Gasteiger partial charge >= 0.3 is 6.03 Å². The van der Waals surface area contributed by atoms with E-state index >= 15 is 0 Å². The SMILES string of the molecule is COc1ccccc1C1CN(Cc2ccnn2C(C)C)C[C@@]12CN(C(C)C)C(=O)N2c1cccc(F)c1. The lowest BCUT2D eigenvalue weighted by Gasteiger charge is -2.38. The van der Waals surface area contributed by atoms with E-state index in [1.807, 2.05) is 58.8 Å². The molecule has 0 radical (unpaired) electrons. The number of hydrogen-bond donors (Lipinski definition) is 0. The predicted molar refractivity (Wildman–Crippen MR) is 142 cm³/mol. The van der Waals surface area contributed by atoms with Crippen LogP contribution >= 0.6 is 0 Å². The molecule has 2 aliphatic rings. The van der Waals surface area contributed by atoms with Gasteiger partial charge in [-0.15, -0.1) is 0 Å². The number of nitrogens with zero attached hydrogens (tertiary/aromatic N) is 5. The number of hydrogen-bond acceptors (Lipinski definition) is 4. The zero-order chi connectivity index (χ0) is 26.3. The van der Waals surface area contributed by atoms with E-state index in [0.717, 1.165) is 23.6 Å². The summed E-state index contributed by atoms with van der Waals surface area (Å²) in [7, 11) is 1.68. The second-order valence-electron chi connectivity index (χ2n) is 10.7. The first-order chi connectivity index (χ1) is 17.7. The van der Waals surface area contributed by atoms with Gasteiger partial charge in [-0.3, -0.25) is 14.5 Å². The van der Waals surface area contributed by atoms with Gasteiger partial charge < -0.3 is 9.64 Å². The highest BCUT2D eigenvalue weighted by Crippen LogP contribution is 2.49. The molecule has 196 valence electrons. The molecule has 3 aromatic rings. The van der Waals surface area contributed by atoms with Crippen molar-refractivity contribution in [3.63, 3.8) is 0 Å². The summed E-state index contributed by atoms with van der Waals surface area (Å²) in [5, 5.41) is 4.53. The number of anilines is 1. The number of benzene rings is 2. The van der Waals surface area contributed by atoms with Gasteiger partial charge in [-0.2, -0.15) is 5.10 Å². The first-order valence-corrected chi connectivity index (χ1v) is 13.0. The molecule has 1 spiro atoms. The average molecular weight is 506 g/mol. The smallest absolute Gasteiger partial charge is 0.325 e. The average Bonchev–Trinajstić information content (AvgIpc) is 3.55. The highest BCUT2D eigenvalue weighted by atomic mass is 19.1. The Labute approximate surface area is 218 Å². The number of ether oxygens (including phenoxy) is 1. The van der Waals surface area contributed by atoms with Crippen molar-refractivity contribution in [3.8, 4) is 5.75 Å². The number of para-hydroxylation sites is 1. The molecular weight excluding hydrogens is 469 g/mol. The number of halogens is 1. The summed E-state index contributed by atoms with van der Waals surface area (Å²) in [5.74, 6) is 0.401. The van der Waals surface area contributed by atoms with E-state index in [-0.39, 0.29) is 29.8 Å². The Balaban J connectivity index is 1.64. The van der Waals surface area contributed by atoms with Crippen LogP contribution in [0.4, 0.5) is 14.9 Å². The van der Waals surface area contributed by atoms with Crippen LogP contribution in [0.25, 0.3) is 0 Å². The van der Waals surface area contributed by atoms with E-state index < -0.39 is 5.54 Å². The van der Waals surface area contributed by atoms with Gasteiger partial charge in [0, 0.05) is 61.6 Å². The summed E-state index contributed by atoms with van der Waals surface area (Å²) in [4.78, 5) is 20.1. The summed E-state index contributed by atoms with van der Waals surface area (Å²) in [6.07, 6.45) is 1.84. The largest absolute Gasteiger partial charge is 0.496 e. The van der Waals surface area contributed by atoms with Crippen LogP contribution in [0.2, 0.25) is 0 Å². The normalized spacial score (nSPS) is 22.3. The highest BCUT2D eigenvalue weighted by molar-refractivity contribution is 5.97. The van der Waals surface area contributed by atoms with E-state index in [9.17, 15) is 9.18 Å². The Kier molecular flexibility index (Phi) is 6.70. The van der Waals surface area contributed by atoms with Crippen LogP contribution in [0, 0.1) is 5.82 Å². The van der Waals surface area contributed by atoms with Crippen LogP contribution in [0.15, 0.2) is 60.8 Å². The molecule has 37 heavy (non-hydrogen) atoms. The van der Waals surface area contributed by atoms with Crippen molar-refractivity contribution in [1.82, 2.24) is 19.6 Å². The molecule has 0 bridgehead atoms. The quantitative estimate of drug-likeness (QED) is 0.437. The van der Waals surface area contributed by atoms with Gasteiger partial charge in [-0.05, 0) is 58.0 Å². The van der Waals surface area contributed by atoms with Gasteiger partial charge in [-0.25, -0.2) is 9.18 Å². The molecule has 1 aromatic heterocycles. The monoisotopic (exact) mass is 505 g/mol. The predicted octanol–water partition coefficient (Wildman–Crippen LogP) is 5.30. The molecule has 0 N–H and O–H groups in total. The second-order valence-corrected chi connectivity index (χ2v) is 10.7. The molecule has 7 nitrogen and oxygen atoms in total. The first kappa shape index (κ1) is 25.3. The van der Waals surface area contributed by atoms with E-state index in [0.29, 0.717) is 25.3 Å². The molecule has 3 heterocycles. The minimum Gasteiger partial charge on any atom is -0.496 e. The van der Waals surface area contributed by atoms with Gasteiger partial charge in [0.05, 0.1) is 18.3 Å². The van der Waals surface area contributed by atoms with Crippen molar-refractivity contribution >= 4 is 11.7 Å². The zero-order valence-electron chi connectivity index (χ0n) is 22.3. The number of amides is 2. The highest BCUT2D eigenvalue weighted by Gasteiger charge is 2.60. The van der Waals surface area contributed by atoms with Crippen LogP contribution in [0.3, 0.4) is 0 Å². The summed E-state index contributed by atoms with van der Waals surface area (Å²) in [6, 6.07) is 16.7. The van der Waals surface area contributed by atoms with Crippen LogP contribution in [-0.2, 0) is 6.54 Å². The van der Waals surface area contributed by atoms with Crippen molar-refractivity contribution in [2.75, 3.05) is 31.6 Å². The molecule has 2 atom stereocenters. The molecule has 2 fully saturated rings. The van der Waals surface area contributed by atoms with Crippen LogP contribution in [0.5, 0.6) is 5.75 Å². The maximum Gasteiger partial charge on any atom is 0.325 e. The lowest BCUT2D eigenvalue weighted by molar-refractivity contribution is 0.205. The third-order valence-corrected chi connectivity index (χ3v) is 7.74. The first-order valence-electron chi connectivity index (χ1n) is 13.0. The van der Waals surface area contributed by atoms with Crippen LogP contribution < -0.4 is 9.64 Å². The molecule has 8 heteroatoms. The van der Waals surface area contributed by atoms with Gasteiger partial charge in [0.25, 0.3) is 0 Å². The van der Waals surface area contributed by atoms with Crippen LogP contribution in [-0.4, -0.2) is 63.9 Å². The maximum atomic E-state index is 14.5. The third kappa shape index (κ3) is 4.37. The number of urea groups is 1. The fourth-order valence-electron chi connectivity index (χ4n) is 6.14.